The Hall–Kier alpha value is -3.34. The van der Waals surface area contributed by atoms with Gasteiger partial charge in [0, 0.05) is 19.5 Å². The first-order valence-corrected chi connectivity index (χ1v) is 10.8. The summed E-state index contributed by atoms with van der Waals surface area (Å²) in [5, 5.41) is 2.91. The molecule has 2 aromatic heterocycles. The highest BCUT2D eigenvalue weighted by atomic mass is 16.3. The lowest BCUT2D eigenvalue weighted by Gasteiger charge is -2.19. The molecule has 2 aromatic carbocycles. The third kappa shape index (κ3) is 4.88. The van der Waals surface area contributed by atoms with Crippen LogP contribution in [-0.2, 0) is 18.4 Å². The highest BCUT2D eigenvalue weighted by Crippen LogP contribution is 2.24. The molecule has 5 heteroatoms. The first-order chi connectivity index (χ1) is 14.9. The summed E-state index contributed by atoms with van der Waals surface area (Å²) in [4.78, 5) is 16.9. The smallest absolute Gasteiger partial charge is 0.286 e. The summed E-state index contributed by atoms with van der Waals surface area (Å²) in [6, 6.07) is 20.5. The van der Waals surface area contributed by atoms with E-state index in [-0.39, 0.29) is 11.3 Å². The van der Waals surface area contributed by atoms with Crippen molar-refractivity contribution in [3.63, 3.8) is 0 Å². The minimum atomic E-state index is -0.183. The summed E-state index contributed by atoms with van der Waals surface area (Å²) in [6.45, 7) is 8.04. The molecule has 0 fully saturated rings. The molecule has 0 saturated heterocycles. The number of nitrogens with one attached hydrogen (secondary N) is 1. The number of fused-ring (bicyclic) bond motifs is 1. The van der Waals surface area contributed by atoms with Crippen molar-refractivity contribution >= 4 is 16.9 Å². The van der Waals surface area contributed by atoms with E-state index in [0.29, 0.717) is 12.3 Å². The number of benzene rings is 2. The van der Waals surface area contributed by atoms with Crippen molar-refractivity contribution in [2.24, 2.45) is 0 Å². The number of furan rings is 1. The molecule has 0 aliphatic carbocycles. The third-order valence-electron chi connectivity index (χ3n) is 5.50. The number of amides is 1. The van der Waals surface area contributed by atoms with Crippen molar-refractivity contribution in [1.82, 2.24) is 14.9 Å². The molecule has 0 saturated carbocycles. The maximum Gasteiger partial charge on any atom is 0.286 e. The molecule has 160 valence electrons. The van der Waals surface area contributed by atoms with Crippen LogP contribution >= 0.6 is 0 Å². The number of imidazole rings is 1. The SMILES string of the molecule is CC(C)(C)c1ccc(Cn2c(CCCNC(=O)c3ccco3)nc3ccccc32)cc1. The predicted octanol–water partition coefficient (Wildman–Crippen LogP) is 5.34. The summed E-state index contributed by atoms with van der Waals surface area (Å²) in [5.74, 6) is 1.19. The molecule has 1 N–H and O–H groups in total. The second-order valence-corrected chi connectivity index (χ2v) is 8.89. The lowest BCUT2D eigenvalue weighted by Crippen LogP contribution is -2.24. The zero-order chi connectivity index (χ0) is 21.8. The molecule has 0 aliphatic heterocycles. The van der Waals surface area contributed by atoms with Crippen LogP contribution in [0.4, 0.5) is 0 Å². The van der Waals surface area contributed by atoms with Gasteiger partial charge in [0.15, 0.2) is 5.76 Å². The Balaban J connectivity index is 1.47. The molecule has 31 heavy (non-hydrogen) atoms. The number of nitrogens with zero attached hydrogens (tertiary/aromatic N) is 2. The van der Waals surface area contributed by atoms with Crippen molar-refractivity contribution < 1.29 is 9.21 Å². The zero-order valence-corrected chi connectivity index (χ0v) is 18.4. The molecule has 4 rings (SSSR count). The molecular formula is C26H29N3O2. The van der Waals surface area contributed by atoms with Crippen LogP contribution in [0.15, 0.2) is 71.3 Å². The topological polar surface area (TPSA) is 60.1 Å². The Bertz CT molecular complexity index is 1150. The first kappa shape index (κ1) is 20.9. The van der Waals surface area contributed by atoms with Crippen molar-refractivity contribution in [1.29, 1.82) is 0 Å². The molecule has 1 amide bonds. The van der Waals surface area contributed by atoms with Gasteiger partial charge >= 0.3 is 0 Å². The second kappa shape index (κ2) is 8.80. The van der Waals surface area contributed by atoms with E-state index in [1.807, 2.05) is 6.07 Å². The molecular weight excluding hydrogens is 386 g/mol. The number of carbonyl (C=O) groups excluding carboxylic acids is 1. The normalized spacial score (nSPS) is 11.7. The average molecular weight is 416 g/mol. The van der Waals surface area contributed by atoms with E-state index < -0.39 is 0 Å². The number of aryl methyl sites for hydroxylation is 1. The molecule has 5 nitrogen and oxygen atoms in total. The number of para-hydroxylation sites is 2. The Morgan fingerprint density at radius 2 is 1.81 bits per heavy atom. The lowest BCUT2D eigenvalue weighted by atomic mass is 9.87. The zero-order valence-electron chi connectivity index (χ0n) is 18.4. The van der Waals surface area contributed by atoms with Crippen LogP contribution in [-0.4, -0.2) is 22.0 Å². The van der Waals surface area contributed by atoms with Gasteiger partial charge in [-0.1, -0.05) is 57.2 Å². The van der Waals surface area contributed by atoms with E-state index >= 15 is 0 Å². The average Bonchev–Trinajstić information content (AvgIpc) is 3.40. The first-order valence-electron chi connectivity index (χ1n) is 10.8. The molecule has 0 aliphatic rings. The van der Waals surface area contributed by atoms with Gasteiger partial charge in [-0.05, 0) is 47.2 Å². The number of carbonyl (C=O) groups is 1. The van der Waals surface area contributed by atoms with Gasteiger partial charge in [-0.25, -0.2) is 4.98 Å². The molecule has 0 spiro atoms. The lowest BCUT2D eigenvalue weighted by molar-refractivity contribution is 0.0925. The van der Waals surface area contributed by atoms with Gasteiger partial charge in [0.05, 0.1) is 17.3 Å². The number of hydrogen-bond donors (Lipinski definition) is 1. The highest BCUT2D eigenvalue weighted by molar-refractivity contribution is 5.91. The van der Waals surface area contributed by atoms with Crippen molar-refractivity contribution in [2.45, 2.75) is 45.6 Å². The Labute approximate surface area is 183 Å². The molecule has 4 aromatic rings. The van der Waals surface area contributed by atoms with E-state index in [1.54, 1.807) is 12.1 Å². The maximum atomic E-state index is 12.0. The Morgan fingerprint density at radius 1 is 1.03 bits per heavy atom. The van der Waals surface area contributed by atoms with Crippen molar-refractivity contribution in [3.8, 4) is 0 Å². The van der Waals surface area contributed by atoms with Crippen LogP contribution in [0.3, 0.4) is 0 Å². The van der Waals surface area contributed by atoms with E-state index in [0.717, 1.165) is 36.2 Å². The maximum absolute atomic E-state index is 12.0. The summed E-state index contributed by atoms with van der Waals surface area (Å²) in [7, 11) is 0. The van der Waals surface area contributed by atoms with E-state index in [4.69, 9.17) is 9.40 Å². The van der Waals surface area contributed by atoms with Gasteiger partial charge in [-0.3, -0.25) is 4.79 Å². The molecule has 0 atom stereocenters. The van der Waals surface area contributed by atoms with Crippen molar-refractivity contribution in [2.75, 3.05) is 6.54 Å². The Kier molecular flexibility index (Phi) is 5.94. The minimum absolute atomic E-state index is 0.144. The van der Waals surface area contributed by atoms with Gasteiger partial charge in [0.1, 0.15) is 5.82 Å². The van der Waals surface area contributed by atoms with E-state index in [1.165, 1.54) is 17.4 Å². The Morgan fingerprint density at radius 3 is 2.52 bits per heavy atom. The minimum Gasteiger partial charge on any atom is -0.459 e. The summed E-state index contributed by atoms with van der Waals surface area (Å²) < 4.78 is 7.42. The summed E-state index contributed by atoms with van der Waals surface area (Å²) in [5.41, 5.74) is 4.87. The van der Waals surface area contributed by atoms with Gasteiger partial charge in [-0.2, -0.15) is 0 Å². The van der Waals surface area contributed by atoms with Gasteiger partial charge in [0.25, 0.3) is 5.91 Å². The summed E-state index contributed by atoms with van der Waals surface area (Å²) in [6.07, 6.45) is 3.09. The second-order valence-electron chi connectivity index (χ2n) is 8.89. The third-order valence-corrected chi connectivity index (χ3v) is 5.50. The fourth-order valence-corrected chi connectivity index (χ4v) is 3.73. The summed E-state index contributed by atoms with van der Waals surface area (Å²) >= 11 is 0. The number of hydrogen-bond acceptors (Lipinski definition) is 3. The van der Waals surface area contributed by atoms with Crippen LogP contribution in [0.25, 0.3) is 11.0 Å². The monoisotopic (exact) mass is 415 g/mol. The van der Waals surface area contributed by atoms with Crippen LogP contribution in [0.1, 0.15) is 54.7 Å². The molecule has 0 radical (unpaired) electrons. The highest BCUT2D eigenvalue weighted by Gasteiger charge is 2.15. The number of aromatic nitrogens is 2. The fourth-order valence-electron chi connectivity index (χ4n) is 3.73. The predicted molar refractivity (Wildman–Crippen MR) is 123 cm³/mol. The van der Waals surface area contributed by atoms with Gasteiger partial charge in [0.2, 0.25) is 0 Å². The van der Waals surface area contributed by atoms with Crippen LogP contribution in [0.2, 0.25) is 0 Å². The van der Waals surface area contributed by atoms with Gasteiger partial charge < -0.3 is 14.3 Å². The quantitative estimate of drug-likeness (QED) is 0.415. The van der Waals surface area contributed by atoms with Gasteiger partial charge in [-0.15, -0.1) is 0 Å². The fraction of sp³-hybridized carbons (Fsp3) is 0.308. The largest absolute Gasteiger partial charge is 0.459 e. The van der Waals surface area contributed by atoms with E-state index in [9.17, 15) is 4.79 Å². The van der Waals surface area contributed by atoms with Crippen molar-refractivity contribution in [3.05, 3.63) is 89.6 Å². The standard InChI is InChI=1S/C26H29N3O2/c1-26(2,3)20-14-12-19(13-15-20)18-29-22-9-5-4-8-21(22)28-24(29)11-6-16-27-25(30)23-10-7-17-31-23/h4-5,7-10,12-15,17H,6,11,16,18H2,1-3H3,(H,27,30). The van der Waals surface area contributed by atoms with Crippen LogP contribution in [0, 0.1) is 0 Å². The molecule has 0 unspecified atom stereocenters. The molecule has 0 bridgehead atoms. The molecule has 2 heterocycles. The van der Waals surface area contributed by atoms with Crippen LogP contribution < -0.4 is 5.32 Å². The van der Waals surface area contributed by atoms with Crippen LogP contribution in [0.5, 0.6) is 0 Å². The van der Waals surface area contributed by atoms with E-state index in [2.05, 4.69) is 73.1 Å². The number of rotatable bonds is 7.